The van der Waals surface area contributed by atoms with Gasteiger partial charge in [-0.15, -0.1) is 0 Å². The van der Waals surface area contributed by atoms with Crippen molar-refractivity contribution >= 4 is 11.6 Å². The van der Waals surface area contributed by atoms with Crippen molar-refractivity contribution in [3.8, 4) is 17.1 Å². The van der Waals surface area contributed by atoms with Crippen molar-refractivity contribution in [2.24, 2.45) is 0 Å². The van der Waals surface area contributed by atoms with E-state index in [1.165, 1.54) is 0 Å². The fourth-order valence-electron chi connectivity index (χ4n) is 2.92. The summed E-state index contributed by atoms with van der Waals surface area (Å²) in [6.45, 7) is 0. The minimum absolute atomic E-state index is 0.0587. The van der Waals surface area contributed by atoms with Crippen LogP contribution in [0.4, 0.5) is 0 Å². The predicted molar refractivity (Wildman–Crippen MR) is 94.1 cm³/mol. The van der Waals surface area contributed by atoms with Crippen molar-refractivity contribution < 1.29 is 9.26 Å². The van der Waals surface area contributed by atoms with E-state index in [9.17, 15) is 0 Å². The molecule has 4 rings (SSSR count). The molecular formula is C18H17ClN4O2. The van der Waals surface area contributed by atoms with Crippen LogP contribution in [0.5, 0.6) is 5.75 Å². The first-order valence-electron chi connectivity index (χ1n) is 7.97. The summed E-state index contributed by atoms with van der Waals surface area (Å²) >= 11 is 6.02. The Hall–Kier alpha value is -2.41. The largest absolute Gasteiger partial charge is 0.497 e. The molecule has 0 spiro atoms. The monoisotopic (exact) mass is 356 g/mol. The van der Waals surface area contributed by atoms with Crippen molar-refractivity contribution in [1.29, 1.82) is 0 Å². The molecule has 2 N–H and O–H groups in total. The van der Waals surface area contributed by atoms with Crippen molar-refractivity contribution in [2.75, 3.05) is 7.11 Å². The van der Waals surface area contributed by atoms with Crippen molar-refractivity contribution in [2.45, 2.75) is 18.5 Å². The van der Waals surface area contributed by atoms with Crippen LogP contribution in [0, 0.1) is 0 Å². The average Bonchev–Trinajstić information content (AvgIpc) is 3.31. The third kappa shape index (κ3) is 3.37. The maximum Gasteiger partial charge on any atom is 0.245 e. The van der Waals surface area contributed by atoms with Gasteiger partial charge in [0.15, 0.2) is 0 Å². The molecule has 0 bridgehead atoms. The summed E-state index contributed by atoms with van der Waals surface area (Å²) in [5, 5.41) is 4.71. The lowest BCUT2D eigenvalue weighted by Crippen LogP contribution is -2.26. The highest BCUT2D eigenvalue weighted by atomic mass is 35.5. The molecule has 1 aliphatic heterocycles. The number of ether oxygens (including phenoxy) is 1. The fourth-order valence-corrected chi connectivity index (χ4v) is 3.11. The molecule has 2 heterocycles. The molecule has 0 amide bonds. The van der Waals surface area contributed by atoms with Crippen LogP contribution >= 0.6 is 11.6 Å². The third-order valence-electron chi connectivity index (χ3n) is 4.22. The number of hydrogen-bond donors (Lipinski definition) is 2. The lowest BCUT2D eigenvalue weighted by atomic mass is 10.0. The quantitative estimate of drug-likeness (QED) is 0.743. The molecule has 0 saturated carbocycles. The zero-order valence-corrected chi connectivity index (χ0v) is 14.3. The van der Waals surface area contributed by atoms with Crippen LogP contribution in [0.15, 0.2) is 53.1 Å². The normalized spacial score (nSPS) is 19.9. The minimum Gasteiger partial charge on any atom is -0.497 e. The second-order valence-electron chi connectivity index (χ2n) is 5.87. The Morgan fingerprint density at radius 3 is 2.80 bits per heavy atom. The van der Waals surface area contributed by atoms with Gasteiger partial charge in [0, 0.05) is 16.6 Å². The van der Waals surface area contributed by atoms with E-state index in [1.54, 1.807) is 7.11 Å². The summed E-state index contributed by atoms with van der Waals surface area (Å²) in [4.78, 5) is 4.50. The molecule has 0 aliphatic carbocycles. The Labute approximate surface area is 150 Å². The maximum absolute atomic E-state index is 6.02. The third-order valence-corrected chi connectivity index (χ3v) is 4.46. The number of nitrogens with zero attached hydrogens (tertiary/aromatic N) is 2. The van der Waals surface area contributed by atoms with Gasteiger partial charge < -0.3 is 9.26 Å². The van der Waals surface area contributed by atoms with Gasteiger partial charge >= 0.3 is 0 Å². The number of rotatable bonds is 4. The molecule has 6 nitrogen and oxygen atoms in total. The van der Waals surface area contributed by atoms with Gasteiger partial charge in [0.1, 0.15) is 11.8 Å². The van der Waals surface area contributed by atoms with E-state index >= 15 is 0 Å². The Morgan fingerprint density at radius 2 is 1.96 bits per heavy atom. The summed E-state index contributed by atoms with van der Waals surface area (Å²) in [7, 11) is 1.66. The standard InChI is InChI=1S/C18H17ClN4O2/c1-24-14-7-3-4-11(9-14)15-10-16(22-21-15)18-20-17(23-25-18)12-5-2-6-13(19)8-12/h2-9,15-16,21-22H,10H2,1H3. The second-order valence-corrected chi connectivity index (χ2v) is 6.31. The first-order valence-corrected chi connectivity index (χ1v) is 8.35. The summed E-state index contributed by atoms with van der Waals surface area (Å²) < 4.78 is 10.7. The molecule has 0 radical (unpaired) electrons. The summed E-state index contributed by atoms with van der Waals surface area (Å²) in [6.07, 6.45) is 0.796. The molecule has 128 valence electrons. The smallest absolute Gasteiger partial charge is 0.245 e. The zero-order chi connectivity index (χ0) is 17.2. The van der Waals surface area contributed by atoms with Gasteiger partial charge in [-0.3, -0.25) is 0 Å². The number of halogens is 1. The molecule has 2 aromatic carbocycles. The van der Waals surface area contributed by atoms with Crippen LogP contribution in [-0.4, -0.2) is 17.3 Å². The van der Waals surface area contributed by atoms with Crippen LogP contribution in [0.1, 0.15) is 30.0 Å². The number of methoxy groups -OCH3 is 1. The number of benzene rings is 2. The van der Waals surface area contributed by atoms with E-state index in [1.807, 2.05) is 42.5 Å². The Morgan fingerprint density at radius 1 is 1.12 bits per heavy atom. The summed E-state index contributed by atoms with van der Waals surface area (Å²) in [5.41, 5.74) is 8.47. The van der Waals surface area contributed by atoms with Gasteiger partial charge in [0.05, 0.1) is 7.11 Å². The Bertz CT molecular complexity index is 883. The highest BCUT2D eigenvalue weighted by Crippen LogP contribution is 2.32. The lowest BCUT2D eigenvalue weighted by Gasteiger charge is -2.10. The van der Waals surface area contributed by atoms with Crippen molar-refractivity contribution in [3.05, 3.63) is 65.0 Å². The van der Waals surface area contributed by atoms with Crippen LogP contribution < -0.4 is 15.6 Å². The number of nitrogens with one attached hydrogen (secondary N) is 2. The summed E-state index contributed by atoms with van der Waals surface area (Å²) in [5.74, 6) is 1.92. The van der Waals surface area contributed by atoms with Crippen molar-refractivity contribution in [1.82, 2.24) is 21.0 Å². The van der Waals surface area contributed by atoms with E-state index < -0.39 is 0 Å². The topological polar surface area (TPSA) is 72.2 Å². The molecule has 1 fully saturated rings. The van der Waals surface area contributed by atoms with Gasteiger partial charge in [0.2, 0.25) is 11.7 Å². The molecule has 2 atom stereocenters. The van der Waals surface area contributed by atoms with E-state index in [2.05, 4.69) is 27.1 Å². The van der Waals surface area contributed by atoms with Crippen molar-refractivity contribution in [3.63, 3.8) is 0 Å². The van der Waals surface area contributed by atoms with Gasteiger partial charge in [-0.25, -0.2) is 10.9 Å². The molecule has 1 saturated heterocycles. The van der Waals surface area contributed by atoms with Crippen LogP contribution in [0.25, 0.3) is 11.4 Å². The highest BCUT2D eigenvalue weighted by molar-refractivity contribution is 6.30. The van der Waals surface area contributed by atoms with Gasteiger partial charge in [0.25, 0.3) is 0 Å². The van der Waals surface area contributed by atoms with Crippen LogP contribution in [0.3, 0.4) is 0 Å². The SMILES string of the molecule is COc1cccc(C2CC(c3nc(-c4cccc(Cl)c4)no3)NN2)c1. The number of aromatic nitrogens is 2. The highest BCUT2D eigenvalue weighted by Gasteiger charge is 2.30. The van der Waals surface area contributed by atoms with Crippen LogP contribution in [0.2, 0.25) is 5.02 Å². The first-order chi connectivity index (χ1) is 12.2. The van der Waals surface area contributed by atoms with E-state index in [0.29, 0.717) is 16.7 Å². The number of hydrazine groups is 1. The first kappa shape index (κ1) is 16.1. The maximum atomic E-state index is 6.02. The molecule has 1 aromatic heterocycles. The molecule has 3 aromatic rings. The van der Waals surface area contributed by atoms with E-state index in [0.717, 1.165) is 23.3 Å². The molecule has 2 unspecified atom stereocenters. The van der Waals surface area contributed by atoms with Gasteiger partial charge in [-0.1, -0.05) is 41.0 Å². The van der Waals surface area contributed by atoms with E-state index in [-0.39, 0.29) is 12.1 Å². The molecular weight excluding hydrogens is 340 g/mol. The Kier molecular flexibility index (Phi) is 4.40. The Balaban J connectivity index is 1.50. The second kappa shape index (κ2) is 6.84. The summed E-state index contributed by atoms with van der Waals surface area (Å²) in [6, 6.07) is 15.5. The minimum atomic E-state index is -0.0587. The van der Waals surface area contributed by atoms with E-state index in [4.69, 9.17) is 20.9 Å². The molecule has 1 aliphatic rings. The van der Waals surface area contributed by atoms with Gasteiger partial charge in [-0.2, -0.15) is 4.98 Å². The molecule has 25 heavy (non-hydrogen) atoms. The van der Waals surface area contributed by atoms with Crippen LogP contribution in [-0.2, 0) is 0 Å². The predicted octanol–water partition coefficient (Wildman–Crippen LogP) is 3.68. The zero-order valence-electron chi connectivity index (χ0n) is 13.6. The molecule has 7 heteroatoms. The lowest BCUT2D eigenvalue weighted by molar-refractivity contribution is 0.340. The fraction of sp³-hybridized carbons (Fsp3) is 0.222. The average molecular weight is 357 g/mol. The van der Waals surface area contributed by atoms with Gasteiger partial charge in [-0.05, 0) is 36.2 Å². The number of hydrogen-bond acceptors (Lipinski definition) is 6.